The lowest BCUT2D eigenvalue weighted by Gasteiger charge is -2.09. The first-order valence-corrected chi connectivity index (χ1v) is 13.4. The third-order valence-electron chi connectivity index (χ3n) is 5.60. The van der Waals surface area contributed by atoms with E-state index in [1.807, 2.05) is 61.5 Å². The van der Waals surface area contributed by atoms with Gasteiger partial charge < -0.3 is 14.5 Å². The number of sulfone groups is 1. The second-order valence-electron chi connectivity index (χ2n) is 8.39. The zero-order valence-corrected chi connectivity index (χ0v) is 21.5. The lowest BCUT2D eigenvalue weighted by atomic mass is 10.2. The first kappa shape index (κ1) is 24.6. The Bertz CT molecular complexity index is 1620. The van der Waals surface area contributed by atoms with Crippen LogP contribution in [-0.2, 0) is 16.4 Å². The molecule has 0 aliphatic carbocycles. The summed E-state index contributed by atoms with van der Waals surface area (Å²) in [6.07, 6.45) is 0. The van der Waals surface area contributed by atoms with Crippen molar-refractivity contribution in [1.82, 2.24) is 4.98 Å². The van der Waals surface area contributed by atoms with Crippen molar-refractivity contribution >= 4 is 27.3 Å². The van der Waals surface area contributed by atoms with E-state index in [0.717, 1.165) is 16.9 Å². The first-order valence-electron chi connectivity index (χ1n) is 11.5. The molecule has 8 heteroatoms. The number of rotatable bonds is 8. The molecular weight excluding hydrogens is 508 g/mol. The van der Waals surface area contributed by atoms with E-state index in [9.17, 15) is 8.42 Å². The molecule has 1 aromatic heterocycles. The summed E-state index contributed by atoms with van der Waals surface area (Å²) in [4.78, 5) is 4.52. The second kappa shape index (κ2) is 10.5. The van der Waals surface area contributed by atoms with Crippen LogP contribution < -0.4 is 10.1 Å². The molecule has 0 saturated carbocycles. The Hall–Kier alpha value is -4.07. The standard InChI is InChI=1S/C29H23ClN2O4S/c1-20-10-16-26(17-11-20)37(33,34)29-28(36-27(32-29)22-12-14-23(30)15-13-22)31-19-21-6-5-9-25(18-21)35-24-7-3-2-4-8-24/h2-18,31H,19H2,1H3. The maximum absolute atomic E-state index is 13.5. The fourth-order valence-corrected chi connectivity index (χ4v) is 5.08. The van der Waals surface area contributed by atoms with Crippen LogP contribution in [0.4, 0.5) is 5.88 Å². The third kappa shape index (κ3) is 5.69. The Morgan fingerprint density at radius 3 is 2.30 bits per heavy atom. The van der Waals surface area contributed by atoms with Crippen LogP contribution in [0.25, 0.3) is 11.5 Å². The summed E-state index contributed by atoms with van der Waals surface area (Å²) in [6.45, 7) is 2.19. The molecule has 0 atom stereocenters. The van der Waals surface area contributed by atoms with Crippen molar-refractivity contribution in [3.05, 3.63) is 119 Å². The zero-order valence-electron chi connectivity index (χ0n) is 19.9. The molecule has 6 nitrogen and oxygen atoms in total. The average Bonchev–Trinajstić information content (AvgIpc) is 3.34. The molecular formula is C29H23ClN2O4S. The Balaban J connectivity index is 1.46. The minimum atomic E-state index is -3.95. The molecule has 0 unspecified atom stereocenters. The number of aromatic nitrogens is 1. The molecule has 37 heavy (non-hydrogen) atoms. The Labute approximate surface area is 220 Å². The molecule has 186 valence electrons. The fraction of sp³-hybridized carbons (Fsp3) is 0.0690. The molecule has 0 spiro atoms. The maximum Gasteiger partial charge on any atom is 0.234 e. The topological polar surface area (TPSA) is 81.4 Å². The van der Waals surface area contributed by atoms with Crippen molar-refractivity contribution in [3.8, 4) is 23.0 Å². The predicted octanol–water partition coefficient (Wildman–Crippen LogP) is 7.54. The summed E-state index contributed by atoms with van der Waals surface area (Å²) >= 11 is 6.01. The van der Waals surface area contributed by atoms with Gasteiger partial charge >= 0.3 is 0 Å². The smallest absolute Gasteiger partial charge is 0.234 e. The highest BCUT2D eigenvalue weighted by atomic mass is 35.5. The number of para-hydroxylation sites is 1. The fourth-order valence-electron chi connectivity index (χ4n) is 3.67. The molecule has 0 aliphatic rings. The summed E-state index contributed by atoms with van der Waals surface area (Å²) < 4.78 is 38.9. The van der Waals surface area contributed by atoms with Gasteiger partial charge in [-0.15, -0.1) is 0 Å². The van der Waals surface area contributed by atoms with E-state index < -0.39 is 9.84 Å². The summed E-state index contributed by atoms with van der Waals surface area (Å²) in [6, 6.07) is 30.5. The summed E-state index contributed by atoms with van der Waals surface area (Å²) in [5.41, 5.74) is 2.43. The molecule has 5 aromatic rings. The maximum atomic E-state index is 13.5. The van der Waals surface area contributed by atoms with Gasteiger partial charge in [0.25, 0.3) is 0 Å². The van der Waals surface area contributed by atoms with Gasteiger partial charge in [0.1, 0.15) is 11.5 Å². The Morgan fingerprint density at radius 1 is 0.865 bits per heavy atom. The van der Waals surface area contributed by atoms with E-state index in [1.54, 1.807) is 48.5 Å². The monoisotopic (exact) mass is 530 g/mol. The number of benzene rings is 4. The van der Waals surface area contributed by atoms with Crippen molar-refractivity contribution in [2.45, 2.75) is 23.4 Å². The van der Waals surface area contributed by atoms with Gasteiger partial charge in [-0.1, -0.05) is 59.6 Å². The van der Waals surface area contributed by atoms with Gasteiger partial charge in [-0.25, -0.2) is 8.42 Å². The minimum absolute atomic E-state index is 0.0555. The van der Waals surface area contributed by atoms with E-state index in [0.29, 0.717) is 16.3 Å². The van der Waals surface area contributed by atoms with Crippen LogP contribution in [-0.4, -0.2) is 13.4 Å². The Morgan fingerprint density at radius 2 is 1.57 bits per heavy atom. The largest absolute Gasteiger partial charge is 0.457 e. The van der Waals surface area contributed by atoms with E-state index >= 15 is 0 Å². The summed E-state index contributed by atoms with van der Waals surface area (Å²) in [5, 5.41) is 3.49. The number of halogens is 1. The molecule has 0 bridgehead atoms. The molecule has 1 heterocycles. The number of anilines is 1. The van der Waals surface area contributed by atoms with Crippen molar-refractivity contribution in [1.29, 1.82) is 0 Å². The van der Waals surface area contributed by atoms with E-state index in [1.165, 1.54) is 0 Å². The van der Waals surface area contributed by atoms with Crippen molar-refractivity contribution in [2.75, 3.05) is 5.32 Å². The van der Waals surface area contributed by atoms with Crippen LogP contribution in [0.3, 0.4) is 0 Å². The number of nitrogens with zero attached hydrogens (tertiary/aromatic N) is 1. The molecule has 4 aromatic carbocycles. The van der Waals surface area contributed by atoms with Crippen LogP contribution in [0.2, 0.25) is 5.02 Å². The lowest BCUT2D eigenvalue weighted by Crippen LogP contribution is -2.07. The summed E-state index contributed by atoms with van der Waals surface area (Å²) in [7, 11) is -3.95. The van der Waals surface area contributed by atoms with Crippen LogP contribution in [0.15, 0.2) is 117 Å². The van der Waals surface area contributed by atoms with E-state index in [2.05, 4.69) is 10.3 Å². The predicted molar refractivity (Wildman–Crippen MR) is 144 cm³/mol. The molecule has 0 saturated heterocycles. The molecule has 5 rings (SSSR count). The van der Waals surface area contributed by atoms with Gasteiger partial charge in [0.15, 0.2) is 0 Å². The highest BCUT2D eigenvalue weighted by Gasteiger charge is 2.28. The van der Waals surface area contributed by atoms with Crippen LogP contribution in [0.1, 0.15) is 11.1 Å². The van der Waals surface area contributed by atoms with E-state index in [4.69, 9.17) is 20.8 Å². The normalized spacial score (nSPS) is 11.3. The number of aryl methyl sites for hydroxylation is 1. The number of hydrogen-bond acceptors (Lipinski definition) is 6. The van der Waals surface area contributed by atoms with Crippen molar-refractivity contribution < 1.29 is 17.6 Å². The molecule has 0 aliphatic heterocycles. The first-order chi connectivity index (χ1) is 17.9. The third-order valence-corrected chi connectivity index (χ3v) is 7.53. The SMILES string of the molecule is Cc1ccc(S(=O)(=O)c2nc(-c3ccc(Cl)cc3)oc2NCc2cccc(Oc3ccccc3)c2)cc1. The quantitative estimate of drug-likeness (QED) is 0.223. The van der Waals surface area contributed by atoms with Crippen LogP contribution in [0.5, 0.6) is 11.5 Å². The van der Waals surface area contributed by atoms with Gasteiger partial charge in [-0.3, -0.25) is 0 Å². The van der Waals surface area contributed by atoms with E-state index in [-0.39, 0.29) is 28.2 Å². The van der Waals surface area contributed by atoms with Gasteiger partial charge in [0, 0.05) is 17.1 Å². The van der Waals surface area contributed by atoms with Crippen LogP contribution >= 0.6 is 11.6 Å². The highest BCUT2D eigenvalue weighted by molar-refractivity contribution is 7.91. The highest BCUT2D eigenvalue weighted by Crippen LogP contribution is 2.33. The zero-order chi connectivity index (χ0) is 25.8. The van der Waals surface area contributed by atoms with Crippen molar-refractivity contribution in [3.63, 3.8) is 0 Å². The Kier molecular flexibility index (Phi) is 6.99. The van der Waals surface area contributed by atoms with Crippen molar-refractivity contribution in [2.24, 2.45) is 0 Å². The van der Waals surface area contributed by atoms with Crippen LogP contribution in [0, 0.1) is 6.92 Å². The van der Waals surface area contributed by atoms with Gasteiger partial charge in [0.2, 0.25) is 26.6 Å². The minimum Gasteiger partial charge on any atom is -0.457 e. The van der Waals surface area contributed by atoms with Gasteiger partial charge in [0.05, 0.1) is 4.90 Å². The second-order valence-corrected chi connectivity index (χ2v) is 10.7. The average molecular weight is 531 g/mol. The molecule has 0 amide bonds. The molecule has 1 N–H and O–H groups in total. The van der Waals surface area contributed by atoms with Gasteiger partial charge in [-0.2, -0.15) is 4.98 Å². The number of nitrogens with one attached hydrogen (secondary N) is 1. The number of ether oxygens (including phenoxy) is 1. The summed E-state index contributed by atoms with van der Waals surface area (Å²) in [5.74, 6) is 1.62. The molecule has 0 fully saturated rings. The lowest BCUT2D eigenvalue weighted by molar-refractivity contribution is 0.482. The molecule has 0 radical (unpaired) electrons. The number of oxazole rings is 1. The van der Waals surface area contributed by atoms with Gasteiger partial charge in [-0.05, 0) is 73.2 Å². The number of hydrogen-bond donors (Lipinski definition) is 1.